The molecule has 0 aliphatic heterocycles. The fraction of sp³-hybridized carbons (Fsp3) is 0. The Morgan fingerprint density at radius 1 is 0.314 bits per heavy atom. The van der Waals surface area contributed by atoms with Crippen molar-refractivity contribution < 1.29 is 0 Å². The first-order chi connectivity index (χ1) is 25.3. The predicted octanol–water partition coefficient (Wildman–Crippen LogP) is 12.9. The molecule has 0 saturated heterocycles. The van der Waals surface area contributed by atoms with Crippen molar-refractivity contribution in [2.24, 2.45) is 0 Å². The van der Waals surface area contributed by atoms with Gasteiger partial charge in [0, 0.05) is 36.9 Å². The Balaban J connectivity index is 1.21. The van der Waals surface area contributed by atoms with Crippen molar-refractivity contribution in [1.82, 2.24) is 15.0 Å². The fourth-order valence-electron chi connectivity index (χ4n) is 7.34. The first kappa shape index (κ1) is 29.4. The molecule has 4 heteroatoms. The number of nitrogens with zero attached hydrogens (tertiary/aromatic N) is 3. The molecule has 0 N–H and O–H groups in total. The fourth-order valence-corrected chi connectivity index (χ4v) is 8.55. The smallest absolute Gasteiger partial charge is 0.165 e. The van der Waals surface area contributed by atoms with E-state index in [4.69, 9.17) is 15.0 Å². The molecule has 10 aromatic rings. The summed E-state index contributed by atoms with van der Waals surface area (Å²) in [4.78, 5) is 15.7. The number of fused-ring (bicyclic) bond motifs is 6. The van der Waals surface area contributed by atoms with E-state index in [0.717, 1.165) is 33.4 Å². The van der Waals surface area contributed by atoms with Gasteiger partial charge in [-0.25, -0.2) is 15.0 Å². The number of aromatic nitrogens is 3. The van der Waals surface area contributed by atoms with Crippen LogP contribution in [-0.2, 0) is 0 Å². The third kappa shape index (κ3) is 5.08. The second-order valence-electron chi connectivity index (χ2n) is 12.8. The number of rotatable bonds is 5. The van der Waals surface area contributed by atoms with Crippen LogP contribution in [0.3, 0.4) is 0 Å². The van der Waals surface area contributed by atoms with Gasteiger partial charge in [0.1, 0.15) is 0 Å². The summed E-state index contributed by atoms with van der Waals surface area (Å²) in [6.07, 6.45) is 0. The van der Waals surface area contributed by atoms with E-state index in [2.05, 4.69) is 170 Å². The first-order valence-corrected chi connectivity index (χ1v) is 17.9. The molecule has 2 heterocycles. The van der Waals surface area contributed by atoms with Crippen molar-refractivity contribution in [3.8, 4) is 56.4 Å². The van der Waals surface area contributed by atoms with Crippen LogP contribution in [0.2, 0.25) is 0 Å². The third-order valence-electron chi connectivity index (χ3n) is 9.73. The largest absolute Gasteiger partial charge is 0.208 e. The Kier molecular flexibility index (Phi) is 7.00. The van der Waals surface area contributed by atoms with Crippen molar-refractivity contribution in [3.63, 3.8) is 0 Å². The van der Waals surface area contributed by atoms with Crippen LogP contribution < -0.4 is 0 Å². The first-order valence-electron chi connectivity index (χ1n) is 17.1. The highest BCUT2D eigenvalue weighted by atomic mass is 32.1. The summed E-state index contributed by atoms with van der Waals surface area (Å²) in [5.41, 5.74) is 7.42. The molecule has 8 aromatic carbocycles. The summed E-state index contributed by atoms with van der Waals surface area (Å²) in [5, 5.41) is 7.40. The van der Waals surface area contributed by atoms with Crippen molar-refractivity contribution >= 4 is 53.1 Å². The van der Waals surface area contributed by atoms with Gasteiger partial charge in [-0.1, -0.05) is 152 Å². The highest BCUT2D eigenvalue weighted by Gasteiger charge is 2.19. The minimum Gasteiger partial charge on any atom is -0.208 e. The third-order valence-corrected chi connectivity index (χ3v) is 11.0. The molecular weight excluding hydrogens is 639 g/mol. The van der Waals surface area contributed by atoms with Gasteiger partial charge in [-0.15, -0.1) is 11.3 Å². The van der Waals surface area contributed by atoms with Crippen LogP contribution in [0.15, 0.2) is 176 Å². The van der Waals surface area contributed by atoms with Crippen LogP contribution in [0.1, 0.15) is 0 Å². The van der Waals surface area contributed by atoms with E-state index >= 15 is 0 Å². The minimum atomic E-state index is 0.642. The number of benzene rings is 8. The quantitative estimate of drug-likeness (QED) is 0.171. The summed E-state index contributed by atoms with van der Waals surface area (Å²) in [6.45, 7) is 0. The van der Waals surface area contributed by atoms with E-state index in [1.54, 1.807) is 11.3 Å². The summed E-state index contributed by atoms with van der Waals surface area (Å²) >= 11 is 1.79. The Morgan fingerprint density at radius 3 is 1.75 bits per heavy atom. The van der Waals surface area contributed by atoms with E-state index in [1.165, 1.54) is 47.3 Å². The van der Waals surface area contributed by atoms with Crippen molar-refractivity contribution in [3.05, 3.63) is 176 Å². The van der Waals surface area contributed by atoms with Crippen LogP contribution in [0.25, 0.3) is 98.1 Å². The van der Waals surface area contributed by atoms with Gasteiger partial charge in [0.15, 0.2) is 17.5 Å². The van der Waals surface area contributed by atoms with Crippen molar-refractivity contribution in [1.29, 1.82) is 0 Å². The summed E-state index contributed by atoms with van der Waals surface area (Å²) in [6, 6.07) is 62.1. The molecule has 0 radical (unpaired) electrons. The molecule has 10 rings (SSSR count). The van der Waals surface area contributed by atoms with Gasteiger partial charge in [0.05, 0.1) is 0 Å². The van der Waals surface area contributed by atoms with E-state index in [-0.39, 0.29) is 0 Å². The van der Waals surface area contributed by atoms with Gasteiger partial charge >= 0.3 is 0 Å². The zero-order valence-electron chi connectivity index (χ0n) is 27.5. The zero-order chi connectivity index (χ0) is 33.7. The molecule has 238 valence electrons. The highest BCUT2D eigenvalue weighted by molar-refractivity contribution is 7.26. The maximum atomic E-state index is 5.25. The van der Waals surface area contributed by atoms with E-state index in [1.807, 2.05) is 6.07 Å². The lowest BCUT2D eigenvalue weighted by Crippen LogP contribution is -2.01. The number of thiophene rings is 1. The summed E-state index contributed by atoms with van der Waals surface area (Å²) < 4.78 is 2.42. The van der Waals surface area contributed by atoms with Gasteiger partial charge in [-0.3, -0.25) is 0 Å². The van der Waals surface area contributed by atoms with Crippen molar-refractivity contribution in [2.45, 2.75) is 0 Å². The molecule has 3 nitrogen and oxygen atoms in total. The van der Waals surface area contributed by atoms with Crippen LogP contribution in [0.5, 0.6) is 0 Å². The molecule has 0 amide bonds. The Labute approximate surface area is 299 Å². The lowest BCUT2D eigenvalue weighted by Gasteiger charge is -2.14. The molecule has 0 saturated carbocycles. The van der Waals surface area contributed by atoms with Gasteiger partial charge in [-0.05, 0) is 68.1 Å². The number of hydrogen-bond acceptors (Lipinski definition) is 4. The minimum absolute atomic E-state index is 0.642. The van der Waals surface area contributed by atoms with Crippen LogP contribution in [-0.4, -0.2) is 15.0 Å². The van der Waals surface area contributed by atoms with Crippen LogP contribution in [0, 0.1) is 0 Å². The molecule has 0 aliphatic rings. The maximum absolute atomic E-state index is 5.25. The Bertz CT molecular complexity index is 2930. The second kappa shape index (κ2) is 12.1. The topological polar surface area (TPSA) is 38.7 Å². The van der Waals surface area contributed by atoms with Gasteiger partial charge in [0.25, 0.3) is 0 Å². The maximum Gasteiger partial charge on any atom is 0.165 e. The van der Waals surface area contributed by atoms with E-state index < -0.39 is 0 Å². The SMILES string of the molecule is c1ccc(-c2ccccc2-c2nc(-c3cccc(-c4cc5ccccc5c5ccccc45)c3)nc(-c3cccc4c3sc3ccccc34)n2)cc1. The van der Waals surface area contributed by atoms with Crippen molar-refractivity contribution in [2.75, 3.05) is 0 Å². The molecule has 0 fully saturated rings. The van der Waals surface area contributed by atoms with E-state index in [9.17, 15) is 0 Å². The van der Waals surface area contributed by atoms with Gasteiger partial charge in [-0.2, -0.15) is 0 Å². The lowest BCUT2D eigenvalue weighted by molar-refractivity contribution is 1.08. The average Bonchev–Trinajstić information content (AvgIpc) is 3.60. The molecule has 0 atom stereocenters. The van der Waals surface area contributed by atoms with Gasteiger partial charge in [0.2, 0.25) is 0 Å². The van der Waals surface area contributed by atoms with E-state index in [0.29, 0.717) is 17.5 Å². The molecule has 0 bridgehead atoms. The molecule has 0 aliphatic carbocycles. The second-order valence-corrected chi connectivity index (χ2v) is 13.8. The molecular formula is C47H29N3S. The Morgan fingerprint density at radius 2 is 0.882 bits per heavy atom. The Hall–Kier alpha value is -6.49. The highest BCUT2D eigenvalue weighted by Crippen LogP contribution is 2.41. The summed E-state index contributed by atoms with van der Waals surface area (Å²) in [7, 11) is 0. The predicted molar refractivity (Wildman–Crippen MR) is 215 cm³/mol. The summed E-state index contributed by atoms with van der Waals surface area (Å²) in [5.74, 6) is 1.95. The number of hydrogen-bond donors (Lipinski definition) is 0. The lowest BCUT2D eigenvalue weighted by atomic mass is 9.92. The monoisotopic (exact) mass is 667 g/mol. The average molecular weight is 668 g/mol. The molecule has 0 unspecified atom stereocenters. The van der Waals surface area contributed by atoms with Gasteiger partial charge < -0.3 is 0 Å². The zero-order valence-corrected chi connectivity index (χ0v) is 28.3. The van der Waals surface area contributed by atoms with Crippen LogP contribution >= 0.6 is 11.3 Å². The van der Waals surface area contributed by atoms with Crippen LogP contribution in [0.4, 0.5) is 0 Å². The molecule has 2 aromatic heterocycles. The molecule has 51 heavy (non-hydrogen) atoms. The normalized spacial score (nSPS) is 11.5. The standard InChI is InChI=1S/C47H29N3S/c1-2-14-30(15-3-1)34-19-6-9-24-40(34)46-48-45(49-47(50-46)41-26-13-25-39-38-23-10-11-27-43(38)51-44(39)41)33-18-12-17-31(28-33)42-29-32-16-4-5-20-35(32)36-21-7-8-22-37(36)42/h1-29H. The molecule has 0 spiro atoms.